The Morgan fingerprint density at radius 2 is 0.550 bits per heavy atom. The summed E-state index contributed by atoms with van der Waals surface area (Å²) in [6.45, 7) is 44.5. The lowest BCUT2D eigenvalue weighted by molar-refractivity contribution is 0.0827. The summed E-state index contributed by atoms with van der Waals surface area (Å²) in [7, 11) is 42.2. The summed E-state index contributed by atoms with van der Waals surface area (Å²) in [6, 6.07) is 45.2. The number of aryl methyl sites for hydroxylation is 1. The Bertz CT molecular complexity index is 4260. The number of anilines is 7. The SMILES string of the molecule is CC(C)c1ccc(N2CCC(N(C)C)CC2)c(C(=O)N(C)C)c1.CC(C)c1ccc(N2CCC(N(C)C)CC2)c(CN(C)C)c1.CC(C)c1ccc(N2CCC(N(C)C)CC2)c(N(C)C)c1.CCc1cc(C(C)C)ccc1N1CCC(N(C)C)CC1.CNC(=O)c1cc(C(C)C)ccc1N1CCC(N(C)C)CC1.CNCc1cc(C(C)C)ccc1N1CCC(N(C)C)CC1. The second-order valence-electron chi connectivity index (χ2n) is 41.8. The molecule has 6 aliphatic rings. The zero-order valence-electron chi connectivity index (χ0n) is 87.9. The molecule has 0 saturated carbocycles. The highest BCUT2D eigenvalue weighted by atomic mass is 16.2. The van der Waals surface area contributed by atoms with Crippen LogP contribution in [0.15, 0.2) is 109 Å². The smallest absolute Gasteiger partial charge is 0.255 e. The number of nitrogens with one attached hydrogen (secondary N) is 2. The fraction of sp³-hybridized carbons (Fsp3) is 0.655. The van der Waals surface area contributed by atoms with Crippen LogP contribution < -0.4 is 44.9 Å². The first kappa shape index (κ1) is 109. The van der Waals surface area contributed by atoms with Gasteiger partial charge in [0.25, 0.3) is 11.8 Å². The molecule has 722 valence electrons. The number of nitrogens with zero attached hydrogens (tertiary/aromatic N) is 15. The van der Waals surface area contributed by atoms with Gasteiger partial charge >= 0.3 is 0 Å². The molecule has 6 aromatic rings. The first-order chi connectivity index (χ1) is 61.1. The molecule has 2 N–H and O–H groups in total. The molecule has 0 radical (unpaired) electrons. The van der Waals surface area contributed by atoms with Gasteiger partial charge in [0.15, 0.2) is 0 Å². The zero-order valence-corrected chi connectivity index (χ0v) is 87.9. The third-order valence-electron chi connectivity index (χ3n) is 28.4. The molecule has 19 nitrogen and oxygen atoms in total. The maximum Gasteiger partial charge on any atom is 0.255 e. The van der Waals surface area contributed by atoms with E-state index in [4.69, 9.17) is 0 Å². The van der Waals surface area contributed by atoms with E-state index < -0.39 is 0 Å². The number of carbonyl (C=O) groups excluding carboxylic acids is 2. The van der Waals surface area contributed by atoms with Crippen LogP contribution in [-0.2, 0) is 19.5 Å². The first-order valence-electron chi connectivity index (χ1n) is 49.8. The molecule has 6 heterocycles. The summed E-state index contributed by atoms with van der Waals surface area (Å²) >= 11 is 0. The maximum atomic E-state index is 12.6. The predicted molar refractivity (Wildman–Crippen MR) is 562 cm³/mol. The van der Waals surface area contributed by atoms with Crippen molar-refractivity contribution in [2.24, 2.45) is 0 Å². The summed E-state index contributed by atoms with van der Waals surface area (Å²) in [5.41, 5.74) is 23.5. The second-order valence-corrected chi connectivity index (χ2v) is 41.8. The number of rotatable bonds is 26. The first-order valence-corrected chi connectivity index (χ1v) is 49.8. The Labute approximate surface area is 789 Å². The van der Waals surface area contributed by atoms with E-state index in [-0.39, 0.29) is 11.8 Å². The van der Waals surface area contributed by atoms with Gasteiger partial charge in [-0.2, -0.15) is 0 Å². The van der Waals surface area contributed by atoms with Crippen LogP contribution in [0.3, 0.4) is 0 Å². The lowest BCUT2D eigenvalue weighted by atomic mass is 9.96. The van der Waals surface area contributed by atoms with Crippen LogP contribution in [-0.4, -0.2) is 307 Å². The minimum atomic E-state index is 0.00670. The molecule has 0 atom stereocenters. The van der Waals surface area contributed by atoms with Gasteiger partial charge in [-0.15, -0.1) is 0 Å². The summed E-state index contributed by atoms with van der Waals surface area (Å²) < 4.78 is 0. The van der Waals surface area contributed by atoms with Crippen molar-refractivity contribution >= 4 is 51.6 Å². The third-order valence-corrected chi connectivity index (χ3v) is 28.4. The number of piperidine rings is 6. The summed E-state index contributed by atoms with van der Waals surface area (Å²) in [5, 5.41) is 6.10. The van der Waals surface area contributed by atoms with E-state index in [1.807, 2.05) is 21.1 Å². The Hall–Kier alpha value is -7.46. The third kappa shape index (κ3) is 32.1. The average molecular weight is 1780 g/mol. The molecule has 0 aromatic heterocycles. The van der Waals surface area contributed by atoms with Crippen molar-refractivity contribution in [2.75, 3.05) is 254 Å². The van der Waals surface area contributed by atoms with Crippen LogP contribution in [0.25, 0.3) is 0 Å². The second kappa shape index (κ2) is 52.8. The van der Waals surface area contributed by atoms with E-state index in [1.54, 1.807) is 11.9 Å². The van der Waals surface area contributed by atoms with Crippen LogP contribution >= 0.6 is 0 Å². The van der Waals surface area contributed by atoms with Crippen molar-refractivity contribution in [3.05, 3.63) is 170 Å². The van der Waals surface area contributed by atoms with E-state index >= 15 is 0 Å². The normalized spacial score (nSPS) is 16.8. The lowest BCUT2D eigenvalue weighted by Crippen LogP contribution is -2.42. The fourth-order valence-corrected chi connectivity index (χ4v) is 19.3. The van der Waals surface area contributed by atoms with Crippen LogP contribution in [0.2, 0.25) is 0 Å². The van der Waals surface area contributed by atoms with Crippen molar-refractivity contribution in [1.82, 2.24) is 49.8 Å². The van der Waals surface area contributed by atoms with Gasteiger partial charge in [0.1, 0.15) is 0 Å². The fourth-order valence-electron chi connectivity index (χ4n) is 19.3. The Balaban J connectivity index is 0.000000212. The maximum absolute atomic E-state index is 12.6. The molecular weight excluding hydrogens is 1590 g/mol. The van der Waals surface area contributed by atoms with Gasteiger partial charge in [-0.3, -0.25) is 9.59 Å². The standard InChI is InChI=1S/C19H31N3O.C19H33N3.C18H29N3O.2C18H31N3.C18H30N2/c1-14(2)15-7-8-18(17(13-15)19(23)21(5)6)22-11-9-16(10-12-22)20(3)4;1-15(2)16-7-8-19(17(13-16)14-20(3)4)22-11-9-18(10-12-22)21(5)6;1-13(2)14-6-7-17(16(12-14)18(22)19-3)21-10-8-15(9-11-21)20(4)5;1-14(2)15-7-8-17(18(13-15)20(5)6)21-11-9-16(10-12-21)19(3)4;1-14(2)15-6-7-18(16(12-15)13-19-3)21-10-8-17(9-11-21)20(4)5;1-6-15-13-16(14(2)3)7-8-18(15)20-11-9-17(10-12-20)19(4)5/h7-8,13-14,16H,9-12H2,1-6H3;7-8,13,15,18H,9-12,14H2,1-6H3;6-7,12-13,15H,8-11H2,1-5H3,(H,19,22);7-8,13-14,16H,9-12H2,1-6H3;6-7,12,14,17,19H,8-11,13H2,1-5H3;7-8,13-14,17H,6,9-12H2,1-5H3. The lowest BCUT2D eigenvalue weighted by Gasteiger charge is -2.38. The highest BCUT2D eigenvalue weighted by Gasteiger charge is 2.31. The number of hydrogen-bond acceptors (Lipinski definition) is 17. The molecular formula is C110H185N17O2. The van der Waals surface area contributed by atoms with Gasteiger partial charge in [0, 0.05) is 192 Å². The van der Waals surface area contributed by atoms with Crippen molar-refractivity contribution in [3.8, 4) is 0 Å². The van der Waals surface area contributed by atoms with Crippen molar-refractivity contribution in [1.29, 1.82) is 0 Å². The van der Waals surface area contributed by atoms with Gasteiger partial charge in [-0.1, -0.05) is 145 Å². The predicted octanol–water partition coefficient (Wildman–Crippen LogP) is 19.5. The molecule has 6 aliphatic heterocycles. The van der Waals surface area contributed by atoms with E-state index in [9.17, 15) is 9.59 Å². The van der Waals surface area contributed by atoms with Crippen LogP contribution in [0.1, 0.15) is 273 Å². The highest BCUT2D eigenvalue weighted by molar-refractivity contribution is 6.00. The molecule has 0 aliphatic carbocycles. The highest BCUT2D eigenvalue weighted by Crippen LogP contribution is 2.38. The Morgan fingerprint density at radius 3 is 0.822 bits per heavy atom. The molecule has 0 bridgehead atoms. The molecule has 12 rings (SSSR count). The van der Waals surface area contributed by atoms with Crippen molar-refractivity contribution in [2.45, 2.75) is 258 Å². The van der Waals surface area contributed by atoms with Gasteiger partial charge in [-0.05, 0) is 329 Å². The largest absolute Gasteiger partial charge is 0.376 e. The molecule has 6 saturated heterocycles. The quantitative estimate of drug-likeness (QED) is 0.0537. The van der Waals surface area contributed by atoms with Crippen molar-refractivity contribution < 1.29 is 9.59 Å². The molecule has 6 fully saturated rings. The Kier molecular flexibility index (Phi) is 44.5. The summed E-state index contributed by atoms with van der Waals surface area (Å²) in [5.74, 6) is 3.34. The average Bonchev–Trinajstić information content (AvgIpc) is 0.993. The molecule has 0 unspecified atom stereocenters. The van der Waals surface area contributed by atoms with E-state index in [0.29, 0.717) is 47.6 Å². The summed E-state index contributed by atoms with van der Waals surface area (Å²) in [4.78, 5) is 60.2. The van der Waals surface area contributed by atoms with Gasteiger partial charge in [-0.25, -0.2) is 0 Å². The monoisotopic (exact) mass is 1780 g/mol. The minimum absolute atomic E-state index is 0.00670. The van der Waals surface area contributed by atoms with Gasteiger partial charge in [0.05, 0.1) is 22.5 Å². The van der Waals surface area contributed by atoms with E-state index in [2.05, 4.69) is 391 Å². The molecule has 19 heteroatoms. The molecule has 129 heavy (non-hydrogen) atoms. The van der Waals surface area contributed by atoms with Crippen LogP contribution in [0, 0.1) is 0 Å². The van der Waals surface area contributed by atoms with Crippen LogP contribution in [0.4, 0.5) is 39.8 Å². The number of hydrogen-bond donors (Lipinski definition) is 2. The number of amides is 2. The van der Waals surface area contributed by atoms with E-state index in [0.717, 1.165) is 131 Å². The molecule has 6 aromatic carbocycles. The molecule has 0 spiro atoms. The summed E-state index contributed by atoms with van der Waals surface area (Å²) in [6.07, 6.45) is 15.8. The zero-order chi connectivity index (χ0) is 95.4. The topological polar surface area (TPSA) is 107 Å². The minimum Gasteiger partial charge on any atom is -0.376 e. The van der Waals surface area contributed by atoms with E-state index in [1.165, 1.54) is 169 Å². The number of benzene rings is 6. The van der Waals surface area contributed by atoms with Crippen LogP contribution in [0.5, 0.6) is 0 Å². The Morgan fingerprint density at radius 1 is 0.310 bits per heavy atom. The van der Waals surface area contributed by atoms with Gasteiger partial charge < -0.3 is 84.1 Å². The number of carbonyl (C=O) groups is 2. The van der Waals surface area contributed by atoms with Crippen molar-refractivity contribution in [3.63, 3.8) is 0 Å². The van der Waals surface area contributed by atoms with Gasteiger partial charge in [0.2, 0.25) is 0 Å². The molecule has 2 amide bonds.